The fraction of sp³-hybridized carbons (Fsp3) is 0.550. The molecule has 0 saturated carbocycles. The van der Waals surface area contributed by atoms with E-state index in [1.54, 1.807) is 6.20 Å². The molecule has 1 amide bonds. The summed E-state index contributed by atoms with van der Waals surface area (Å²) < 4.78 is 1.86. The van der Waals surface area contributed by atoms with Crippen molar-refractivity contribution in [3.05, 3.63) is 47.5 Å². The van der Waals surface area contributed by atoms with Crippen LogP contribution in [-0.2, 0) is 18.3 Å². The quantitative estimate of drug-likeness (QED) is 0.825. The van der Waals surface area contributed by atoms with Crippen LogP contribution in [0.25, 0.3) is 0 Å². The second-order valence-corrected chi connectivity index (χ2v) is 7.53. The zero-order valence-electron chi connectivity index (χ0n) is 16.2. The van der Waals surface area contributed by atoms with Crippen LogP contribution < -0.4 is 0 Å². The molecule has 26 heavy (non-hydrogen) atoms. The average molecular weight is 355 g/mol. The number of amides is 1. The van der Waals surface area contributed by atoms with Gasteiger partial charge in [0.25, 0.3) is 0 Å². The zero-order chi connectivity index (χ0) is 18.7. The fourth-order valence-electron chi connectivity index (χ4n) is 3.94. The molecule has 1 aliphatic rings. The highest BCUT2D eigenvalue weighted by molar-refractivity contribution is 5.78. The number of rotatable bonds is 5. The van der Waals surface area contributed by atoms with Crippen molar-refractivity contribution >= 4 is 5.91 Å². The van der Waals surface area contributed by atoms with E-state index in [1.165, 1.54) is 12.0 Å². The molecule has 3 heterocycles. The number of hydrogen-bond acceptors (Lipinski definition) is 4. The summed E-state index contributed by atoms with van der Waals surface area (Å²) in [5, 5.41) is 4.34. The maximum absolute atomic E-state index is 12.7. The van der Waals surface area contributed by atoms with Crippen molar-refractivity contribution in [3.63, 3.8) is 0 Å². The third-order valence-corrected chi connectivity index (χ3v) is 5.34. The summed E-state index contributed by atoms with van der Waals surface area (Å²) in [6, 6.07) is 4.26. The SMILES string of the molecule is Cc1ccc(CC(=O)N(C)C[C@@H]2CCCN(C)[C@H]2c2cnn(C)c2)cn1. The molecule has 0 aromatic carbocycles. The van der Waals surface area contributed by atoms with Crippen LogP contribution in [0, 0.1) is 12.8 Å². The summed E-state index contributed by atoms with van der Waals surface area (Å²) in [6.45, 7) is 3.81. The largest absolute Gasteiger partial charge is 0.345 e. The molecule has 140 valence electrons. The van der Waals surface area contributed by atoms with Gasteiger partial charge in [-0.25, -0.2) is 0 Å². The number of pyridine rings is 1. The lowest BCUT2D eigenvalue weighted by atomic mass is 9.85. The van der Waals surface area contributed by atoms with Crippen molar-refractivity contribution in [2.75, 3.05) is 27.2 Å². The van der Waals surface area contributed by atoms with Gasteiger partial charge in [0.05, 0.1) is 12.6 Å². The van der Waals surface area contributed by atoms with Crippen molar-refractivity contribution in [2.45, 2.75) is 32.2 Å². The molecule has 1 saturated heterocycles. The first-order valence-electron chi connectivity index (χ1n) is 9.28. The second-order valence-electron chi connectivity index (χ2n) is 7.53. The molecule has 6 heteroatoms. The number of aryl methyl sites for hydroxylation is 2. The Kier molecular flexibility index (Phi) is 5.71. The highest BCUT2D eigenvalue weighted by Gasteiger charge is 2.32. The van der Waals surface area contributed by atoms with Gasteiger partial charge in [-0.2, -0.15) is 5.10 Å². The van der Waals surface area contributed by atoms with E-state index in [0.717, 1.165) is 30.8 Å². The molecular formula is C20H29N5O. The lowest BCUT2D eigenvalue weighted by molar-refractivity contribution is -0.130. The van der Waals surface area contributed by atoms with Gasteiger partial charge in [0.15, 0.2) is 0 Å². The first kappa shape index (κ1) is 18.6. The van der Waals surface area contributed by atoms with Crippen molar-refractivity contribution in [1.29, 1.82) is 0 Å². The second kappa shape index (κ2) is 7.99. The number of likely N-dealkylation sites (N-methyl/N-ethyl adjacent to an activating group) is 1. The number of nitrogens with zero attached hydrogens (tertiary/aromatic N) is 5. The summed E-state index contributed by atoms with van der Waals surface area (Å²) in [5.41, 5.74) is 3.18. The first-order chi connectivity index (χ1) is 12.4. The molecule has 2 aromatic heterocycles. The molecule has 1 aliphatic heterocycles. The minimum absolute atomic E-state index is 0.147. The minimum atomic E-state index is 0.147. The van der Waals surface area contributed by atoms with Crippen molar-refractivity contribution in [1.82, 2.24) is 24.6 Å². The van der Waals surface area contributed by atoms with Gasteiger partial charge < -0.3 is 4.90 Å². The molecule has 1 fully saturated rings. The monoisotopic (exact) mass is 355 g/mol. The van der Waals surface area contributed by atoms with Gasteiger partial charge in [-0.1, -0.05) is 6.07 Å². The molecule has 0 aliphatic carbocycles. The summed E-state index contributed by atoms with van der Waals surface area (Å²) in [6.07, 6.45) is 8.56. The topological polar surface area (TPSA) is 54.3 Å². The van der Waals surface area contributed by atoms with Crippen LogP contribution in [0.3, 0.4) is 0 Å². The molecule has 2 aromatic rings. The molecule has 6 nitrogen and oxygen atoms in total. The predicted octanol–water partition coefficient (Wildman–Crippen LogP) is 2.21. The average Bonchev–Trinajstić information content (AvgIpc) is 3.03. The van der Waals surface area contributed by atoms with Crippen molar-refractivity contribution < 1.29 is 4.79 Å². The Hall–Kier alpha value is -2.21. The Morgan fingerprint density at radius 1 is 1.31 bits per heavy atom. The number of piperidine rings is 1. The van der Waals surface area contributed by atoms with E-state index < -0.39 is 0 Å². The smallest absolute Gasteiger partial charge is 0.226 e. The normalized spacial score (nSPS) is 20.9. The zero-order valence-corrected chi connectivity index (χ0v) is 16.2. The van der Waals surface area contributed by atoms with Gasteiger partial charge in [-0.3, -0.25) is 19.4 Å². The van der Waals surface area contributed by atoms with Crippen LogP contribution in [0.4, 0.5) is 0 Å². The Bertz CT molecular complexity index is 739. The standard InChI is InChI=1S/C20H29N5O/c1-15-7-8-16(11-21-15)10-19(26)24(3)13-17-6-5-9-23(2)20(17)18-12-22-25(4)14-18/h7-8,11-12,14,17,20H,5-6,9-10,13H2,1-4H3/t17-,20+/m0/s1. The Balaban J connectivity index is 1.66. The molecule has 0 radical (unpaired) electrons. The van der Waals surface area contributed by atoms with Crippen molar-refractivity contribution in [2.24, 2.45) is 13.0 Å². The van der Waals surface area contributed by atoms with Gasteiger partial charge in [-0.15, -0.1) is 0 Å². The molecule has 0 unspecified atom stereocenters. The van der Waals surface area contributed by atoms with Gasteiger partial charge in [0.2, 0.25) is 5.91 Å². The van der Waals surface area contributed by atoms with Gasteiger partial charge >= 0.3 is 0 Å². The maximum Gasteiger partial charge on any atom is 0.226 e. The van der Waals surface area contributed by atoms with E-state index >= 15 is 0 Å². The third kappa shape index (κ3) is 4.30. The van der Waals surface area contributed by atoms with E-state index in [0.29, 0.717) is 18.4 Å². The number of likely N-dealkylation sites (tertiary alicyclic amines) is 1. The third-order valence-electron chi connectivity index (χ3n) is 5.34. The molecule has 0 N–H and O–H groups in total. The molecule has 0 spiro atoms. The molecule has 3 rings (SSSR count). The van der Waals surface area contributed by atoms with Crippen LogP contribution in [0.5, 0.6) is 0 Å². The highest BCUT2D eigenvalue weighted by atomic mass is 16.2. The van der Waals surface area contributed by atoms with Crippen LogP contribution >= 0.6 is 0 Å². The summed E-state index contributed by atoms with van der Waals surface area (Å²) in [4.78, 5) is 21.2. The summed E-state index contributed by atoms with van der Waals surface area (Å²) in [5.74, 6) is 0.567. The minimum Gasteiger partial charge on any atom is -0.345 e. The van der Waals surface area contributed by atoms with Gasteiger partial charge in [-0.05, 0) is 50.9 Å². The Morgan fingerprint density at radius 3 is 2.77 bits per heavy atom. The van der Waals surface area contributed by atoms with Crippen LogP contribution in [-0.4, -0.2) is 57.7 Å². The first-order valence-corrected chi connectivity index (χ1v) is 9.28. The van der Waals surface area contributed by atoms with Gasteiger partial charge in [0.1, 0.15) is 0 Å². The van der Waals surface area contributed by atoms with E-state index in [9.17, 15) is 4.79 Å². The van der Waals surface area contributed by atoms with Gasteiger partial charge in [0, 0.05) is 50.3 Å². The number of carbonyl (C=O) groups is 1. The highest BCUT2D eigenvalue weighted by Crippen LogP contribution is 2.35. The van der Waals surface area contributed by atoms with E-state index in [1.807, 2.05) is 48.9 Å². The molecular weight excluding hydrogens is 326 g/mol. The Labute approximate surface area is 155 Å². The predicted molar refractivity (Wildman–Crippen MR) is 102 cm³/mol. The van der Waals surface area contributed by atoms with E-state index in [-0.39, 0.29) is 5.91 Å². The van der Waals surface area contributed by atoms with Crippen molar-refractivity contribution in [3.8, 4) is 0 Å². The lowest BCUT2D eigenvalue weighted by Crippen LogP contribution is -2.42. The summed E-state index contributed by atoms with van der Waals surface area (Å²) >= 11 is 0. The molecule has 0 bridgehead atoms. The summed E-state index contributed by atoms with van der Waals surface area (Å²) in [7, 11) is 6.04. The van der Waals surface area contributed by atoms with E-state index in [4.69, 9.17) is 0 Å². The van der Waals surface area contributed by atoms with E-state index in [2.05, 4.69) is 28.2 Å². The number of hydrogen-bond donors (Lipinski definition) is 0. The Morgan fingerprint density at radius 2 is 2.12 bits per heavy atom. The number of carbonyl (C=O) groups excluding carboxylic acids is 1. The number of aromatic nitrogens is 3. The van der Waals surface area contributed by atoms with Crippen LogP contribution in [0.1, 0.15) is 35.7 Å². The van der Waals surface area contributed by atoms with Crippen LogP contribution in [0.2, 0.25) is 0 Å². The molecule has 2 atom stereocenters. The fourth-order valence-corrected chi connectivity index (χ4v) is 3.94. The maximum atomic E-state index is 12.7. The lowest BCUT2D eigenvalue weighted by Gasteiger charge is -2.40. The van der Waals surface area contributed by atoms with Crippen LogP contribution in [0.15, 0.2) is 30.7 Å².